The molecular weight excluding hydrogens is 400 g/mol. The van der Waals surface area contributed by atoms with E-state index in [1.165, 1.54) is 0 Å². The Hall–Kier alpha value is -3.05. The number of fused-ring (bicyclic) bond motifs is 1. The molecule has 156 valence electrons. The molecule has 0 bridgehead atoms. The van der Waals surface area contributed by atoms with Gasteiger partial charge < -0.3 is 14.5 Å². The maximum atomic E-state index is 13.3. The summed E-state index contributed by atoms with van der Waals surface area (Å²) in [5.74, 6) is 0.879. The number of pyridine rings is 1. The Morgan fingerprint density at radius 3 is 2.63 bits per heavy atom. The molecule has 2 aromatic heterocycles. The largest absolute Gasteiger partial charge is 0.490 e. The smallest absolute Gasteiger partial charge is 0.194 e. The second-order valence-corrected chi connectivity index (χ2v) is 7.15. The Balaban J connectivity index is 1.92. The third kappa shape index (κ3) is 4.92. The molecule has 3 aromatic rings. The van der Waals surface area contributed by atoms with Crippen LogP contribution in [-0.4, -0.2) is 22.4 Å². The first kappa shape index (κ1) is 21.7. The maximum Gasteiger partial charge on any atom is 0.194 e. The second kappa shape index (κ2) is 10.1. The minimum atomic E-state index is -0.130. The van der Waals surface area contributed by atoms with E-state index in [2.05, 4.69) is 9.97 Å². The minimum Gasteiger partial charge on any atom is -0.490 e. The van der Waals surface area contributed by atoms with E-state index >= 15 is 0 Å². The summed E-state index contributed by atoms with van der Waals surface area (Å²) < 4.78 is 11.9. The summed E-state index contributed by atoms with van der Waals surface area (Å²) in [6.07, 6.45) is 6.04. The summed E-state index contributed by atoms with van der Waals surface area (Å²) in [7, 11) is 0. The van der Waals surface area contributed by atoms with Gasteiger partial charge in [-0.3, -0.25) is 4.79 Å². The number of aromatic nitrogens is 2. The van der Waals surface area contributed by atoms with Crippen molar-refractivity contribution < 1.29 is 14.3 Å². The fourth-order valence-corrected chi connectivity index (χ4v) is 3.23. The molecule has 2 heterocycles. The minimum absolute atomic E-state index is 0.130. The Bertz CT molecular complexity index is 1080. The fraction of sp³-hybridized carbons (Fsp3) is 0.250. The number of H-pyrrole nitrogens is 1. The normalized spacial score (nSPS) is 12.6. The summed E-state index contributed by atoms with van der Waals surface area (Å²) in [4.78, 5) is 20.6. The number of ether oxygens (including phenoxy) is 2. The first-order valence-corrected chi connectivity index (χ1v) is 10.3. The SMILES string of the molecule is CC/C=C(OCc1ccc(Cl)cc1)\C(OCC)=C(/C)C(=O)c1c[nH]c2ncccc12. The molecule has 6 heteroatoms. The van der Waals surface area contributed by atoms with E-state index in [1.807, 2.05) is 56.3 Å². The molecular formula is C24H25ClN2O3. The van der Waals surface area contributed by atoms with Crippen LogP contribution in [0.3, 0.4) is 0 Å². The molecule has 0 unspecified atom stereocenters. The zero-order valence-electron chi connectivity index (χ0n) is 17.4. The standard InChI is InChI=1S/C24H25ClN2O3/c1-4-7-21(30-15-17-9-11-18(25)12-10-17)23(29-5-2)16(3)22(28)20-14-27-24-19(20)8-6-13-26-24/h6-14H,4-5,15H2,1-3H3,(H,26,27)/b21-7+,23-16-. The van der Waals surface area contributed by atoms with Gasteiger partial charge in [-0.05, 0) is 56.2 Å². The highest BCUT2D eigenvalue weighted by molar-refractivity contribution is 6.30. The fourth-order valence-electron chi connectivity index (χ4n) is 3.10. The van der Waals surface area contributed by atoms with Crippen molar-refractivity contribution in [1.29, 1.82) is 0 Å². The topological polar surface area (TPSA) is 64.2 Å². The lowest BCUT2D eigenvalue weighted by Gasteiger charge is -2.17. The number of nitrogens with one attached hydrogen (secondary N) is 1. The highest BCUT2D eigenvalue weighted by atomic mass is 35.5. The van der Waals surface area contributed by atoms with E-state index in [1.54, 1.807) is 19.3 Å². The van der Waals surface area contributed by atoms with Crippen LogP contribution in [-0.2, 0) is 16.1 Å². The lowest BCUT2D eigenvalue weighted by atomic mass is 10.0. The maximum absolute atomic E-state index is 13.3. The Morgan fingerprint density at radius 1 is 1.17 bits per heavy atom. The number of hydrogen-bond donors (Lipinski definition) is 1. The van der Waals surface area contributed by atoms with Crippen molar-refractivity contribution in [2.24, 2.45) is 0 Å². The molecule has 0 aliphatic carbocycles. The number of nitrogens with zero attached hydrogens (tertiary/aromatic N) is 1. The lowest BCUT2D eigenvalue weighted by Crippen LogP contribution is -2.10. The van der Waals surface area contributed by atoms with Gasteiger partial charge in [-0.2, -0.15) is 0 Å². The van der Waals surface area contributed by atoms with Crippen molar-refractivity contribution in [3.8, 4) is 0 Å². The quantitative estimate of drug-likeness (QED) is 0.191. The van der Waals surface area contributed by atoms with Crippen LogP contribution in [0.2, 0.25) is 5.02 Å². The van der Waals surface area contributed by atoms with Gasteiger partial charge in [0.15, 0.2) is 17.3 Å². The van der Waals surface area contributed by atoms with E-state index in [0.717, 1.165) is 17.4 Å². The van der Waals surface area contributed by atoms with Crippen molar-refractivity contribution >= 4 is 28.4 Å². The van der Waals surface area contributed by atoms with Crippen LogP contribution in [0, 0.1) is 0 Å². The van der Waals surface area contributed by atoms with Gasteiger partial charge in [-0.1, -0.05) is 30.7 Å². The zero-order valence-corrected chi connectivity index (χ0v) is 18.1. The summed E-state index contributed by atoms with van der Waals surface area (Å²) in [5, 5.41) is 1.45. The van der Waals surface area contributed by atoms with Gasteiger partial charge in [0.05, 0.1) is 6.61 Å². The number of hydrogen-bond acceptors (Lipinski definition) is 4. The summed E-state index contributed by atoms with van der Waals surface area (Å²) in [6.45, 7) is 6.42. The number of halogens is 1. The first-order valence-electron chi connectivity index (χ1n) is 9.93. The number of aromatic amines is 1. The van der Waals surface area contributed by atoms with E-state index in [-0.39, 0.29) is 5.78 Å². The average molecular weight is 425 g/mol. The molecule has 0 saturated heterocycles. The van der Waals surface area contributed by atoms with Crippen molar-refractivity contribution in [2.45, 2.75) is 33.8 Å². The highest BCUT2D eigenvalue weighted by Crippen LogP contribution is 2.26. The molecule has 0 atom stereocenters. The molecule has 30 heavy (non-hydrogen) atoms. The number of benzene rings is 1. The predicted molar refractivity (Wildman–Crippen MR) is 119 cm³/mol. The molecule has 3 rings (SSSR count). The van der Waals surface area contributed by atoms with Gasteiger partial charge in [-0.15, -0.1) is 0 Å². The van der Waals surface area contributed by atoms with Gasteiger partial charge in [-0.25, -0.2) is 4.98 Å². The lowest BCUT2D eigenvalue weighted by molar-refractivity contribution is 0.101. The molecule has 0 amide bonds. The van der Waals surface area contributed by atoms with Gasteiger partial charge >= 0.3 is 0 Å². The van der Waals surface area contributed by atoms with Crippen LogP contribution >= 0.6 is 11.6 Å². The number of carbonyl (C=O) groups is 1. The van der Waals surface area contributed by atoms with E-state index in [0.29, 0.717) is 46.5 Å². The Kier molecular flexibility index (Phi) is 7.31. The molecule has 0 aliphatic heterocycles. The van der Waals surface area contributed by atoms with Crippen molar-refractivity contribution in [1.82, 2.24) is 9.97 Å². The summed E-state index contributed by atoms with van der Waals surface area (Å²) in [6, 6.07) is 11.2. The molecule has 0 spiro atoms. The first-order chi connectivity index (χ1) is 14.5. The van der Waals surface area contributed by atoms with E-state index in [9.17, 15) is 4.79 Å². The molecule has 1 N–H and O–H groups in total. The van der Waals surface area contributed by atoms with Crippen LogP contribution in [0.25, 0.3) is 11.0 Å². The summed E-state index contributed by atoms with van der Waals surface area (Å²) >= 11 is 5.96. The van der Waals surface area contributed by atoms with E-state index < -0.39 is 0 Å². The van der Waals surface area contributed by atoms with Crippen LogP contribution in [0.15, 0.2) is 72.0 Å². The summed E-state index contributed by atoms with van der Waals surface area (Å²) in [5.41, 5.74) is 2.69. The highest BCUT2D eigenvalue weighted by Gasteiger charge is 2.21. The van der Waals surface area contributed by atoms with Crippen molar-refractivity contribution in [3.63, 3.8) is 0 Å². The molecule has 0 radical (unpaired) electrons. The number of allylic oxidation sites excluding steroid dienone is 2. The van der Waals surface area contributed by atoms with Crippen LogP contribution in [0.1, 0.15) is 43.1 Å². The van der Waals surface area contributed by atoms with Crippen molar-refractivity contribution in [2.75, 3.05) is 6.61 Å². The number of Topliss-reactive ketones (excluding diaryl/α,β-unsaturated/α-hetero) is 1. The molecule has 0 aliphatic rings. The number of carbonyl (C=O) groups excluding carboxylic acids is 1. The number of ketones is 1. The van der Waals surface area contributed by atoms with Gasteiger partial charge in [0, 0.05) is 33.9 Å². The van der Waals surface area contributed by atoms with E-state index in [4.69, 9.17) is 21.1 Å². The molecule has 0 fully saturated rings. The van der Waals surface area contributed by atoms with Crippen LogP contribution in [0.4, 0.5) is 0 Å². The number of rotatable bonds is 9. The third-order valence-corrected chi connectivity index (χ3v) is 4.84. The predicted octanol–water partition coefficient (Wildman–Crippen LogP) is 6.22. The van der Waals surface area contributed by atoms with Gasteiger partial charge in [0.2, 0.25) is 0 Å². The second-order valence-electron chi connectivity index (χ2n) is 6.71. The molecule has 0 saturated carbocycles. The van der Waals surface area contributed by atoms with Gasteiger partial charge in [0.25, 0.3) is 0 Å². The molecule has 5 nitrogen and oxygen atoms in total. The monoisotopic (exact) mass is 424 g/mol. The Morgan fingerprint density at radius 2 is 1.93 bits per heavy atom. The zero-order chi connectivity index (χ0) is 21.5. The van der Waals surface area contributed by atoms with Crippen LogP contribution in [0.5, 0.6) is 0 Å². The molecule has 1 aromatic carbocycles. The van der Waals surface area contributed by atoms with Gasteiger partial charge in [0.1, 0.15) is 12.3 Å². The Labute approximate surface area is 181 Å². The average Bonchev–Trinajstić information content (AvgIpc) is 3.19. The third-order valence-electron chi connectivity index (χ3n) is 4.59. The van der Waals surface area contributed by atoms with Crippen LogP contribution < -0.4 is 0 Å². The van der Waals surface area contributed by atoms with Crippen molar-refractivity contribution in [3.05, 3.63) is 88.1 Å².